The van der Waals surface area contributed by atoms with Gasteiger partial charge in [-0.25, -0.2) is 9.13 Å². The van der Waals surface area contributed by atoms with Gasteiger partial charge in [0, 0.05) is 0 Å². The van der Waals surface area contributed by atoms with Gasteiger partial charge in [0.2, 0.25) is 0 Å². The normalized spacial score (nSPS) is 12.3. The van der Waals surface area contributed by atoms with Crippen molar-refractivity contribution in [2.75, 3.05) is 14.0 Å². The third-order valence-corrected chi connectivity index (χ3v) is 0.905. The fraction of sp³-hybridized carbons (Fsp3) is 1.00. The minimum Gasteiger partial charge on any atom is -0.269 e. The summed E-state index contributed by atoms with van der Waals surface area (Å²) in [6.07, 6.45) is -17.4. The summed E-state index contributed by atoms with van der Waals surface area (Å²) in [4.78, 5) is 1.44. The average Bonchev–Trinajstić information content (AvgIpc) is 2.18. The Hall–Kier alpha value is -0.820. The van der Waals surface area contributed by atoms with Gasteiger partial charge < -0.3 is 0 Å². The fourth-order valence-corrected chi connectivity index (χ4v) is 0.347. The van der Waals surface area contributed by atoms with Gasteiger partial charge in [0.05, 0.1) is 7.18 Å². The fourth-order valence-electron chi connectivity index (χ4n) is 0.347. The van der Waals surface area contributed by atoms with Crippen LogP contribution in [-0.2, 0) is 14.4 Å². The molecule has 0 aromatic carbocycles. The van der Waals surface area contributed by atoms with Crippen LogP contribution in [0.1, 0.15) is 0 Å². The number of halogens is 10. The summed E-state index contributed by atoms with van der Waals surface area (Å²) in [6.45, 7) is -2.29. The summed E-state index contributed by atoms with van der Waals surface area (Å²) in [5, 5.41) is 0. The Bertz CT molecular complexity index is 210. The van der Waals surface area contributed by atoms with Crippen molar-refractivity contribution >= 4 is 0 Å². The van der Waals surface area contributed by atoms with E-state index in [9.17, 15) is 39.6 Å². The Balaban J connectivity index is -0.000000709. The van der Waals surface area contributed by atoms with Crippen molar-refractivity contribution in [3.63, 3.8) is 0 Å². The van der Waals surface area contributed by atoms with Crippen molar-refractivity contribution in [3.05, 3.63) is 0 Å². The van der Waals surface area contributed by atoms with Crippen LogP contribution in [0.5, 0.6) is 0 Å². The minimum absolute atomic E-state index is 0. The first kappa shape index (κ1) is 22.4. The van der Waals surface area contributed by atoms with Crippen LogP contribution in [-0.4, -0.2) is 32.5 Å². The predicted octanol–water partition coefficient (Wildman–Crippen LogP) is 3.32. The zero-order valence-electron chi connectivity index (χ0n) is 8.24. The van der Waals surface area contributed by atoms with Crippen LogP contribution in [0.3, 0.4) is 0 Å². The van der Waals surface area contributed by atoms with Crippen LogP contribution in [0.25, 0.3) is 0 Å². The molecule has 0 bridgehead atoms. The van der Waals surface area contributed by atoms with E-state index in [2.05, 4.69) is 9.47 Å². The lowest BCUT2D eigenvalue weighted by Crippen LogP contribution is -2.48. The van der Waals surface area contributed by atoms with Gasteiger partial charge in [0.15, 0.2) is 6.86 Å². The van der Waals surface area contributed by atoms with E-state index in [4.69, 9.17) is 0 Å². The monoisotopic (exact) mass is 304 g/mol. The van der Waals surface area contributed by atoms with Crippen molar-refractivity contribution in [2.45, 2.75) is 18.5 Å². The van der Waals surface area contributed by atoms with E-state index in [-0.39, 0.29) is 4.70 Å². The predicted molar refractivity (Wildman–Crippen MR) is 34.7 cm³/mol. The Morgan fingerprint density at radius 2 is 1.28 bits per heavy atom. The summed E-state index contributed by atoms with van der Waals surface area (Å²) < 4.78 is 107. The Labute approximate surface area is 92.7 Å². The summed E-state index contributed by atoms with van der Waals surface area (Å²) in [5.41, 5.74) is 0. The van der Waals surface area contributed by atoms with Gasteiger partial charge in [-0.05, 0) is 4.53 Å². The lowest BCUT2D eigenvalue weighted by atomic mass is 10.6. The van der Waals surface area contributed by atoms with Gasteiger partial charge in [-0.3, -0.25) is 13.8 Å². The van der Waals surface area contributed by atoms with Crippen LogP contribution >= 0.6 is 0 Å². The quantitative estimate of drug-likeness (QED) is 0.556. The molecule has 0 fully saturated rings. The number of hydrogen-bond donors (Lipinski definition) is 0. The molecule has 3 nitrogen and oxygen atoms in total. The van der Waals surface area contributed by atoms with E-state index in [1.54, 1.807) is 0 Å². The van der Waals surface area contributed by atoms with Crippen molar-refractivity contribution in [2.24, 2.45) is 0 Å². The van der Waals surface area contributed by atoms with Gasteiger partial charge in [0.25, 0.3) is 0 Å². The first-order valence-corrected chi connectivity index (χ1v) is 3.29. The smallest absolute Gasteiger partial charge is 0.269 e. The molecule has 0 rings (SSSR count). The van der Waals surface area contributed by atoms with Crippen LogP contribution in [0.2, 0.25) is 0 Å². The molecule has 0 heterocycles. The standard InChI is InChI=1S/C4H2F8O3.CH3F.FH/c5-1-13-4(10,11)14-2(6,7)3(8,9)15-12;1-2;/h1H2;1H3;1H. The molecule has 0 unspecified atom stereocenters. The second kappa shape index (κ2) is 8.31. The highest BCUT2D eigenvalue weighted by Crippen LogP contribution is 2.40. The number of hydrogen-bond acceptors (Lipinski definition) is 3. The molecule has 0 atom stereocenters. The highest BCUT2D eigenvalue weighted by Gasteiger charge is 2.66. The summed E-state index contributed by atoms with van der Waals surface area (Å²) in [5.74, 6) is 0. The molecule has 0 N–H and O–H groups in total. The molecule has 0 spiro atoms. The molecule has 0 saturated carbocycles. The van der Waals surface area contributed by atoms with Gasteiger partial charge in [0.1, 0.15) is 0 Å². The van der Waals surface area contributed by atoms with Gasteiger partial charge in [-0.1, -0.05) is 0 Å². The molecule has 0 aliphatic carbocycles. The van der Waals surface area contributed by atoms with E-state index in [0.29, 0.717) is 7.18 Å². The second-order valence-electron chi connectivity index (χ2n) is 1.93. The topological polar surface area (TPSA) is 27.7 Å². The largest absolute Gasteiger partial charge is 0.492 e. The molecule has 0 aromatic heterocycles. The maximum atomic E-state index is 12.0. The molecule has 0 aliphatic heterocycles. The molecule has 114 valence electrons. The van der Waals surface area contributed by atoms with E-state index >= 15 is 0 Å². The van der Waals surface area contributed by atoms with Crippen molar-refractivity contribution in [3.8, 4) is 0 Å². The lowest BCUT2D eigenvalue weighted by Gasteiger charge is -2.25. The van der Waals surface area contributed by atoms with Crippen LogP contribution < -0.4 is 0 Å². The van der Waals surface area contributed by atoms with Crippen LogP contribution in [0.4, 0.5) is 44.4 Å². The van der Waals surface area contributed by atoms with Crippen LogP contribution in [0, 0.1) is 0 Å². The van der Waals surface area contributed by atoms with Gasteiger partial charge >= 0.3 is 18.5 Å². The first-order chi connectivity index (χ1) is 7.58. The third-order valence-electron chi connectivity index (χ3n) is 0.905. The van der Waals surface area contributed by atoms with Crippen molar-refractivity contribution in [1.29, 1.82) is 0 Å². The zero-order valence-corrected chi connectivity index (χ0v) is 8.24. The average molecular weight is 304 g/mol. The highest BCUT2D eigenvalue weighted by atomic mass is 19.4. The molecule has 0 saturated heterocycles. The molecule has 0 amide bonds. The number of alkyl halides is 8. The second-order valence-corrected chi connectivity index (χ2v) is 1.93. The molecule has 0 aliphatic rings. The summed E-state index contributed by atoms with van der Waals surface area (Å²) in [7, 11) is 0.500. The van der Waals surface area contributed by atoms with Crippen molar-refractivity contribution < 1.29 is 58.8 Å². The molecule has 0 aromatic rings. The third kappa shape index (κ3) is 6.80. The zero-order chi connectivity index (χ0) is 14.3. The lowest BCUT2D eigenvalue weighted by molar-refractivity contribution is -0.548. The SMILES string of the molecule is CF.F.FCOC(F)(F)OC(F)(F)C(F)(F)OF. The van der Waals surface area contributed by atoms with E-state index < -0.39 is 25.4 Å². The van der Waals surface area contributed by atoms with Gasteiger partial charge in [-0.15, -0.1) is 13.7 Å². The number of ether oxygens (including phenoxy) is 2. The summed E-state index contributed by atoms with van der Waals surface area (Å²) >= 11 is 0. The van der Waals surface area contributed by atoms with Crippen molar-refractivity contribution in [1.82, 2.24) is 0 Å². The molecular weight excluding hydrogens is 298 g/mol. The van der Waals surface area contributed by atoms with E-state index in [1.807, 2.05) is 0 Å². The Morgan fingerprint density at radius 3 is 1.56 bits per heavy atom. The minimum atomic E-state index is -6.04. The number of rotatable bonds is 6. The summed E-state index contributed by atoms with van der Waals surface area (Å²) in [6, 6.07) is 0. The Morgan fingerprint density at radius 1 is 0.889 bits per heavy atom. The van der Waals surface area contributed by atoms with Gasteiger partial charge in [-0.2, -0.15) is 17.6 Å². The Kier molecular flexibility index (Phi) is 10.3. The maximum Gasteiger partial charge on any atom is 0.492 e. The molecule has 13 heteroatoms. The highest BCUT2D eigenvalue weighted by molar-refractivity contribution is 4.65. The molecule has 18 heavy (non-hydrogen) atoms. The maximum absolute atomic E-state index is 12.0. The first-order valence-electron chi connectivity index (χ1n) is 3.29. The van der Waals surface area contributed by atoms with E-state index in [0.717, 1.165) is 0 Å². The molecule has 0 radical (unpaired) electrons. The van der Waals surface area contributed by atoms with Crippen LogP contribution in [0.15, 0.2) is 0 Å². The molecular formula is C5H6F10O3. The van der Waals surface area contributed by atoms with E-state index in [1.165, 1.54) is 4.94 Å².